The maximum absolute atomic E-state index is 4.48. The summed E-state index contributed by atoms with van der Waals surface area (Å²) in [4.78, 5) is 9.42. The molecule has 0 aliphatic carbocycles. The molecule has 1 aliphatic heterocycles. The second-order valence-electron chi connectivity index (χ2n) is 5.94. The standard InChI is InChI=1S/C16H28N4/c1-5-6-17-10-15-11-18-13(2)9-16(15)20-8-7-19(4)12-14(20)3/h9,11,14,17H,5-8,10,12H2,1-4H3. The molecule has 1 aromatic rings. The maximum atomic E-state index is 4.48. The number of nitrogens with one attached hydrogen (secondary N) is 1. The average molecular weight is 276 g/mol. The van der Waals surface area contributed by atoms with Crippen molar-refractivity contribution in [3.63, 3.8) is 0 Å². The van der Waals surface area contributed by atoms with E-state index in [1.807, 2.05) is 6.20 Å². The van der Waals surface area contributed by atoms with Gasteiger partial charge in [0.25, 0.3) is 0 Å². The summed E-state index contributed by atoms with van der Waals surface area (Å²) in [6, 6.07) is 2.80. The first-order valence-electron chi connectivity index (χ1n) is 7.73. The van der Waals surface area contributed by atoms with Crippen LogP contribution in [0.2, 0.25) is 0 Å². The number of likely N-dealkylation sites (N-methyl/N-ethyl adjacent to an activating group) is 1. The Morgan fingerprint density at radius 3 is 2.90 bits per heavy atom. The molecule has 2 rings (SSSR count). The van der Waals surface area contributed by atoms with Gasteiger partial charge in [0.05, 0.1) is 0 Å². The number of hydrogen-bond acceptors (Lipinski definition) is 4. The monoisotopic (exact) mass is 276 g/mol. The van der Waals surface area contributed by atoms with Crippen LogP contribution in [0.4, 0.5) is 5.69 Å². The molecule has 0 saturated carbocycles. The van der Waals surface area contributed by atoms with E-state index in [1.54, 1.807) is 0 Å². The topological polar surface area (TPSA) is 31.4 Å². The van der Waals surface area contributed by atoms with Crippen LogP contribution < -0.4 is 10.2 Å². The molecule has 1 atom stereocenters. The van der Waals surface area contributed by atoms with Crippen LogP contribution in [0.25, 0.3) is 0 Å². The Balaban J connectivity index is 2.17. The Kier molecular flexibility index (Phi) is 5.38. The summed E-state index contributed by atoms with van der Waals surface area (Å²) >= 11 is 0. The molecular formula is C16H28N4. The van der Waals surface area contributed by atoms with E-state index in [0.29, 0.717) is 6.04 Å². The number of aryl methyl sites for hydroxylation is 1. The molecule has 4 heteroatoms. The third kappa shape index (κ3) is 3.70. The van der Waals surface area contributed by atoms with Crippen molar-refractivity contribution >= 4 is 5.69 Å². The molecular weight excluding hydrogens is 248 g/mol. The summed E-state index contributed by atoms with van der Waals surface area (Å²) < 4.78 is 0. The van der Waals surface area contributed by atoms with Crippen LogP contribution in [0.3, 0.4) is 0 Å². The Morgan fingerprint density at radius 2 is 2.20 bits per heavy atom. The van der Waals surface area contributed by atoms with Gasteiger partial charge in [-0.15, -0.1) is 0 Å². The quantitative estimate of drug-likeness (QED) is 0.834. The van der Waals surface area contributed by atoms with E-state index in [9.17, 15) is 0 Å². The van der Waals surface area contributed by atoms with Crippen LogP contribution in [0, 0.1) is 6.92 Å². The molecule has 0 amide bonds. The van der Waals surface area contributed by atoms with E-state index in [4.69, 9.17) is 0 Å². The average Bonchev–Trinajstić information content (AvgIpc) is 2.41. The van der Waals surface area contributed by atoms with Crippen molar-refractivity contribution in [2.45, 2.75) is 39.8 Å². The summed E-state index contributed by atoms with van der Waals surface area (Å²) in [7, 11) is 2.20. The lowest BCUT2D eigenvalue weighted by Crippen LogP contribution is -2.51. The summed E-state index contributed by atoms with van der Waals surface area (Å²) in [5, 5.41) is 3.50. The van der Waals surface area contributed by atoms with E-state index in [1.165, 1.54) is 17.7 Å². The minimum Gasteiger partial charge on any atom is -0.366 e. The predicted octanol–water partition coefficient (Wildman–Crippen LogP) is 2.03. The second-order valence-corrected chi connectivity index (χ2v) is 5.94. The van der Waals surface area contributed by atoms with Gasteiger partial charge < -0.3 is 15.1 Å². The third-order valence-electron chi connectivity index (χ3n) is 3.98. The van der Waals surface area contributed by atoms with Gasteiger partial charge in [0.1, 0.15) is 0 Å². The number of rotatable bonds is 5. The van der Waals surface area contributed by atoms with Gasteiger partial charge in [0.2, 0.25) is 0 Å². The lowest BCUT2D eigenvalue weighted by Gasteiger charge is -2.40. The van der Waals surface area contributed by atoms with Crippen LogP contribution in [-0.2, 0) is 6.54 Å². The molecule has 1 N–H and O–H groups in total. The third-order valence-corrected chi connectivity index (χ3v) is 3.98. The predicted molar refractivity (Wildman–Crippen MR) is 85.3 cm³/mol. The zero-order valence-corrected chi connectivity index (χ0v) is 13.3. The van der Waals surface area contributed by atoms with Gasteiger partial charge in [-0.05, 0) is 39.9 Å². The summed E-state index contributed by atoms with van der Waals surface area (Å²) in [6.45, 7) is 11.9. The molecule has 1 aliphatic rings. The molecule has 0 radical (unpaired) electrons. The SMILES string of the molecule is CCCNCc1cnc(C)cc1N1CCN(C)CC1C. The molecule has 1 unspecified atom stereocenters. The number of hydrogen-bond donors (Lipinski definition) is 1. The van der Waals surface area contributed by atoms with Crippen LogP contribution in [0.15, 0.2) is 12.3 Å². The Bertz CT molecular complexity index is 432. The van der Waals surface area contributed by atoms with Crippen LogP contribution >= 0.6 is 0 Å². The van der Waals surface area contributed by atoms with E-state index < -0.39 is 0 Å². The van der Waals surface area contributed by atoms with Gasteiger partial charge in [-0.1, -0.05) is 6.92 Å². The zero-order chi connectivity index (χ0) is 14.5. The first kappa shape index (κ1) is 15.3. The molecule has 0 spiro atoms. The van der Waals surface area contributed by atoms with Gasteiger partial charge >= 0.3 is 0 Å². The molecule has 1 fully saturated rings. The minimum atomic E-state index is 0.556. The molecule has 0 bridgehead atoms. The lowest BCUT2D eigenvalue weighted by molar-refractivity contribution is 0.275. The number of anilines is 1. The van der Waals surface area contributed by atoms with Crippen molar-refractivity contribution in [3.8, 4) is 0 Å². The summed E-state index contributed by atoms with van der Waals surface area (Å²) in [6.07, 6.45) is 3.21. The van der Waals surface area contributed by atoms with Gasteiger partial charge in [-0.3, -0.25) is 4.98 Å². The molecule has 20 heavy (non-hydrogen) atoms. The van der Waals surface area contributed by atoms with Crippen molar-refractivity contribution in [1.82, 2.24) is 15.2 Å². The van der Waals surface area contributed by atoms with Crippen LogP contribution in [-0.4, -0.2) is 49.2 Å². The van der Waals surface area contributed by atoms with Gasteiger partial charge in [0, 0.05) is 55.4 Å². The highest BCUT2D eigenvalue weighted by atomic mass is 15.3. The Morgan fingerprint density at radius 1 is 1.40 bits per heavy atom. The zero-order valence-electron chi connectivity index (χ0n) is 13.3. The first-order chi connectivity index (χ1) is 9.61. The Labute approximate surface area is 123 Å². The molecule has 1 saturated heterocycles. The summed E-state index contributed by atoms with van der Waals surface area (Å²) in [5.41, 5.74) is 3.78. The smallest absolute Gasteiger partial charge is 0.0448 e. The normalized spacial score (nSPS) is 20.4. The van der Waals surface area contributed by atoms with Gasteiger partial charge in [-0.2, -0.15) is 0 Å². The van der Waals surface area contributed by atoms with E-state index in [-0.39, 0.29) is 0 Å². The van der Waals surface area contributed by atoms with Gasteiger partial charge in [0.15, 0.2) is 0 Å². The largest absolute Gasteiger partial charge is 0.366 e. The number of nitrogens with zero attached hydrogens (tertiary/aromatic N) is 3. The molecule has 1 aromatic heterocycles. The molecule has 112 valence electrons. The minimum absolute atomic E-state index is 0.556. The molecule has 0 aromatic carbocycles. The van der Waals surface area contributed by atoms with E-state index in [2.05, 4.69) is 54.0 Å². The highest BCUT2D eigenvalue weighted by Crippen LogP contribution is 2.25. The maximum Gasteiger partial charge on any atom is 0.0448 e. The second kappa shape index (κ2) is 7.04. The van der Waals surface area contributed by atoms with Crippen molar-refractivity contribution in [2.75, 3.05) is 38.1 Å². The fourth-order valence-corrected chi connectivity index (χ4v) is 2.87. The number of aromatic nitrogens is 1. The molecule has 2 heterocycles. The fourth-order valence-electron chi connectivity index (χ4n) is 2.87. The number of pyridine rings is 1. The highest BCUT2D eigenvalue weighted by molar-refractivity contribution is 5.55. The van der Waals surface area contributed by atoms with Gasteiger partial charge in [-0.25, -0.2) is 0 Å². The van der Waals surface area contributed by atoms with Crippen molar-refractivity contribution in [1.29, 1.82) is 0 Å². The molecule has 4 nitrogen and oxygen atoms in total. The Hall–Kier alpha value is -1.13. The van der Waals surface area contributed by atoms with Crippen molar-refractivity contribution in [3.05, 3.63) is 23.5 Å². The van der Waals surface area contributed by atoms with Crippen LogP contribution in [0.5, 0.6) is 0 Å². The van der Waals surface area contributed by atoms with E-state index >= 15 is 0 Å². The lowest BCUT2D eigenvalue weighted by atomic mass is 10.1. The van der Waals surface area contributed by atoms with E-state index in [0.717, 1.165) is 38.4 Å². The highest BCUT2D eigenvalue weighted by Gasteiger charge is 2.23. The first-order valence-corrected chi connectivity index (χ1v) is 7.73. The van der Waals surface area contributed by atoms with Crippen LogP contribution in [0.1, 0.15) is 31.5 Å². The van der Waals surface area contributed by atoms with Crippen molar-refractivity contribution in [2.24, 2.45) is 0 Å². The fraction of sp³-hybridized carbons (Fsp3) is 0.688. The van der Waals surface area contributed by atoms with Crippen molar-refractivity contribution < 1.29 is 0 Å². The summed E-state index contributed by atoms with van der Waals surface area (Å²) in [5.74, 6) is 0. The number of piperazine rings is 1.